The first-order chi connectivity index (χ1) is 22.1. The van der Waals surface area contributed by atoms with Crippen LogP contribution >= 0.6 is 46.6 Å². The number of non-ortho nitro benzene ring substituents is 1. The number of nitro groups is 1. The van der Waals surface area contributed by atoms with Crippen LogP contribution < -0.4 is 10.6 Å². The number of ether oxygens (including phenoxy) is 1. The summed E-state index contributed by atoms with van der Waals surface area (Å²) in [6, 6.07) is 3.12. The number of benzene rings is 1. The summed E-state index contributed by atoms with van der Waals surface area (Å²) in [5.74, 6) is -0.406. The van der Waals surface area contributed by atoms with Crippen molar-refractivity contribution in [3.8, 4) is 0 Å². The molecule has 7 N–H and O–H groups in total. The maximum Gasteiger partial charge on any atom is 0.269 e. The van der Waals surface area contributed by atoms with E-state index in [1.54, 1.807) is 13.2 Å². The zero-order valence-corrected chi connectivity index (χ0v) is 29.6. The number of nitrogens with one attached hydrogen (secondary N) is 2. The summed E-state index contributed by atoms with van der Waals surface area (Å²) in [6.07, 6.45) is -1.35. The predicted molar refractivity (Wildman–Crippen MR) is 179 cm³/mol. The summed E-state index contributed by atoms with van der Waals surface area (Å²) < 4.78 is 5.79. The number of likely N-dealkylation sites (N-methyl/N-ethyl adjacent to an activating group) is 1. The van der Waals surface area contributed by atoms with Gasteiger partial charge in [0.1, 0.15) is 36.0 Å². The van der Waals surface area contributed by atoms with Gasteiger partial charge in [0.15, 0.2) is 4.84 Å². The highest BCUT2D eigenvalue weighted by molar-refractivity contribution is 7.99. The van der Waals surface area contributed by atoms with E-state index in [1.165, 1.54) is 36.0 Å². The number of amides is 2. The fraction of sp³-hybridized carbons (Fsp3) is 0.724. The molecule has 2 amide bonds. The molecular weight excluding hydrogens is 703 g/mol. The van der Waals surface area contributed by atoms with Gasteiger partial charge in [-0.25, -0.2) is 0 Å². The van der Waals surface area contributed by atoms with Crippen molar-refractivity contribution in [2.45, 2.75) is 97.4 Å². The molecule has 0 unspecified atom stereocenters. The van der Waals surface area contributed by atoms with Crippen molar-refractivity contribution < 1.29 is 44.8 Å². The topological polar surface area (TPSA) is 215 Å². The smallest absolute Gasteiger partial charge is 0.269 e. The van der Waals surface area contributed by atoms with Crippen molar-refractivity contribution in [3.63, 3.8) is 0 Å². The highest BCUT2D eigenvalue weighted by atomic mass is 35.5. The maximum absolute atomic E-state index is 12.9. The van der Waals surface area contributed by atoms with Gasteiger partial charge in [0.25, 0.3) is 11.6 Å². The van der Waals surface area contributed by atoms with Gasteiger partial charge in [-0.1, -0.05) is 36.5 Å². The molecule has 0 spiro atoms. The summed E-state index contributed by atoms with van der Waals surface area (Å²) in [6.45, 7) is 4.19. The van der Waals surface area contributed by atoms with Crippen molar-refractivity contribution in [3.05, 3.63) is 39.9 Å². The second-order valence-electron chi connectivity index (χ2n) is 11.6. The van der Waals surface area contributed by atoms with Gasteiger partial charge in [-0.15, -0.1) is 23.4 Å². The minimum Gasteiger partial charge on any atom is -0.394 e. The van der Waals surface area contributed by atoms with E-state index in [0.717, 1.165) is 25.8 Å². The van der Waals surface area contributed by atoms with Crippen LogP contribution in [0.4, 0.5) is 5.69 Å². The molecule has 3 rings (SSSR count). The van der Waals surface area contributed by atoms with Crippen molar-refractivity contribution >= 4 is 64.1 Å². The zero-order chi connectivity index (χ0) is 35.6. The Morgan fingerprint density at radius 3 is 2.23 bits per heavy atom. The van der Waals surface area contributed by atoms with Crippen LogP contribution in [0, 0.1) is 16.0 Å². The van der Waals surface area contributed by atoms with Crippen LogP contribution in [-0.2, 0) is 14.3 Å². The lowest BCUT2D eigenvalue weighted by atomic mass is 9.92. The van der Waals surface area contributed by atoms with Crippen molar-refractivity contribution in [1.29, 1.82) is 0 Å². The lowest BCUT2D eigenvalue weighted by Gasteiger charge is -2.44. The molecule has 0 radical (unpaired) electrons. The van der Waals surface area contributed by atoms with Gasteiger partial charge in [-0.2, -0.15) is 0 Å². The molecule has 1 aromatic carbocycles. The number of alkyl halides is 3. The molecule has 2 saturated heterocycles. The lowest BCUT2D eigenvalue weighted by Crippen LogP contribution is -2.65. The minimum atomic E-state index is -1.36. The van der Waals surface area contributed by atoms with Crippen molar-refractivity contribution in [2.24, 2.45) is 5.92 Å². The molecule has 0 aromatic heterocycles. The Kier molecular flexibility index (Phi) is 17.4. The molecule has 2 aliphatic heterocycles. The molecule has 0 aliphatic carbocycles. The monoisotopic (exact) mass is 746 g/mol. The van der Waals surface area contributed by atoms with Gasteiger partial charge in [-0.3, -0.25) is 24.6 Å². The third-order valence-corrected chi connectivity index (χ3v) is 9.70. The van der Waals surface area contributed by atoms with Crippen LogP contribution in [0.15, 0.2) is 24.3 Å². The third kappa shape index (κ3) is 11.5. The van der Waals surface area contributed by atoms with E-state index in [4.69, 9.17) is 44.6 Å². The summed E-state index contributed by atoms with van der Waals surface area (Å²) in [5, 5.41) is 65.0. The van der Waals surface area contributed by atoms with Gasteiger partial charge in [0.05, 0.1) is 35.0 Å². The van der Waals surface area contributed by atoms with Crippen molar-refractivity contribution in [1.82, 2.24) is 15.5 Å². The van der Waals surface area contributed by atoms with E-state index in [9.17, 15) is 40.1 Å². The number of nitro benzene ring substituents is 1. The van der Waals surface area contributed by atoms with E-state index in [2.05, 4.69) is 17.6 Å². The number of aliphatic hydroxyl groups is 5. The van der Waals surface area contributed by atoms with Crippen LogP contribution in [0.25, 0.3) is 0 Å². The van der Waals surface area contributed by atoms with Gasteiger partial charge < -0.3 is 40.9 Å². The molecule has 11 atom stereocenters. The number of carbonyl (C=O) groups excluding carboxylic acids is 2. The molecule has 2 fully saturated rings. The first kappa shape index (κ1) is 41.7. The summed E-state index contributed by atoms with van der Waals surface area (Å²) in [5.41, 5.74) is -0.533. The second-order valence-corrected chi connectivity index (χ2v) is 14.3. The first-order valence-electron chi connectivity index (χ1n) is 15.1. The standard InChI is InChI=1S/C18H33ClN2O5S.C11H12Cl2N2O5/c1-5-6-10-7-11(21(3)8-10)17(25)20-12(9(2)19)16-14(23)13(22)15(24)18(26-16)27-4;12-10(13)11(18)14-8(5-16)9(17)6-1-3-7(4-2-6)15(19)20/h9-16,18,22-24H,5-8H2,1-4H3,(H,20,25);1-4,8-10,16-17H,5H2,(H,14,18)/t9-,10+,11-,12+,13-,14+,15+,16+,18+;8-,9-/m01/s1. The Morgan fingerprint density at radius 1 is 1.13 bits per heavy atom. The fourth-order valence-corrected chi connectivity index (χ4v) is 6.62. The van der Waals surface area contributed by atoms with E-state index < -0.39 is 75.7 Å². The molecule has 0 saturated carbocycles. The quantitative estimate of drug-likeness (QED) is 0.0864. The molecule has 18 heteroatoms. The molecule has 14 nitrogen and oxygen atoms in total. The number of rotatable bonds is 13. The largest absolute Gasteiger partial charge is 0.394 e. The molecular formula is C29H45Cl3N4O10S. The molecule has 2 heterocycles. The Hall–Kier alpha value is -1.50. The first-order valence-corrected chi connectivity index (χ1v) is 17.7. The Bertz CT molecular complexity index is 1160. The number of aliphatic hydroxyl groups excluding tert-OH is 5. The Balaban J connectivity index is 0.000000343. The average molecular weight is 748 g/mol. The van der Waals surface area contributed by atoms with Crippen molar-refractivity contribution in [2.75, 3.05) is 26.5 Å². The molecule has 2 aliphatic rings. The maximum atomic E-state index is 12.9. The van der Waals surface area contributed by atoms with Gasteiger partial charge in [0.2, 0.25) is 5.91 Å². The van der Waals surface area contributed by atoms with Crippen LogP contribution in [0.5, 0.6) is 0 Å². The van der Waals surface area contributed by atoms with Crippen LogP contribution in [0.3, 0.4) is 0 Å². The predicted octanol–water partition coefficient (Wildman–Crippen LogP) is 1.30. The highest BCUT2D eigenvalue weighted by Crippen LogP contribution is 2.31. The Labute approximate surface area is 293 Å². The van der Waals surface area contributed by atoms with Crippen LogP contribution in [0.2, 0.25) is 0 Å². The average Bonchev–Trinajstić information content (AvgIpc) is 3.41. The van der Waals surface area contributed by atoms with E-state index in [1.807, 2.05) is 11.9 Å². The van der Waals surface area contributed by atoms with E-state index in [-0.39, 0.29) is 17.6 Å². The Morgan fingerprint density at radius 2 is 1.74 bits per heavy atom. The summed E-state index contributed by atoms with van der Waals surface area (Å²) >= 11 is 18.2. The van der Waals surface area contributed by atoms with Crippen LogP contribution in [0.1, 0.15) is 44.8 Å². The number of thioether (sulfide) groups is 1. The number of nitrogens with zero attached hydrogens (tertiary/aromatic N) is 2. The number of hydrogen-bond acceptors (Lipinski definition) is 12. The molecule has 268 valence electrons. The minimum absolute atomic E-state index is 0.132. The SMILES string of the molecule is CCC[C@@H]1C[C@@H](C(=O)N[C@@H]([C@H]2O[C@H](SC)[C@H](O)[C@@H](O)[C@H]2O)[C@H](C)Cl)N(C)C1.O=C(N[C@H](CO)[C@H](O)c1ccc([N+](=O)[O-])cc1)C(Cl)Cl. The van der Waals surface area contributed by atoms with Crippen LogP contribution in [-0.4, -0.2) is 132 Å². The summed E-state index contributed by atoms with van der Waals surface area (Å²) in [4.78, 5) is 34.9. The lowest BCUT2D eigenvalue weighted by molar-refractivity contribution is -0.384. The molecule has 1 aromatic rings. The zero-order valence-electron chi connectivity index (χ0n) is 26.5. The molecule has 0 bridgehead atoms. The fourth-order valence-electron chi connectivity index (χ4n) is 5.61. The summed E-state index contributed by atoms with van der Waals surface area (Å²) in [7, 11) is 1.94. The highest BCUT2D eigenvalue weighted by Gasteiger charge is 2.48. The number of carbonyl (C=O) groups is 2. The van der Waals surface area contributed by atoms with Gasteiger partial charge in [0, 0.05) is 18.7 Å². The normalized spacial score (nSPS) is 28.8. The third-order valence-electron chi connectivity index (χ3n) is 8.18. The molecule has 47 heavy (non-hydrogen) atoms. The number of halogens is 3. The van der Waals surface area contributed by atoms with Gasteiger partial charge in [-0.05, 0) is 56.7 Å². The number of likely N-dealkylation sites (tertiary alicyclic amines) is 1. The second kappa shape index (κ2) is 19.6. The van der Waals surface area contributed by atoms with Gasteiger partial charge >= 0.3 is 0 Å². The number of hydrogen-bond donors (Lipinski definition) is 7. The van der Waals surface area contributed by atoms with E-state index in [0.29, 0.717) is 11.5 Å². The van der Waals surface area contributed by atoms with E-state index >= 15 is 0 Å².